The second kappa shape index (κ2) is 9.03. The van der Waals surface area contributed by atoms with E-state index in [0.29, 0.717) is 30.3 Å². The molecule has 0 saturated carbocycles. The van der Waals surface area contributed by atoms with Crippen LogP contribution in [0.2, 0.25) is 5.02 Å². The van der Waals surface area contributed by atoms with Gasteiger partial charge in [-0.1, -0.05) is 23.7 Å². The standard InChI is InChI=1S/C20H23ClN2O3/c1-25-18-8-4-15(5-9-18)19(23-10-12-26-13-11-23)14-22-20(24)16-2-6-17(21)7-3-16/h2-9,19H,10-14H2,1H3,(H,22,24). The Morgan fingerprint density at radius 1 is 1.15 bits per heavy atom. The maximum atomic E-state index is 12.5. The fourth-order valence-corrected chi connectivity index (χ4v) is 3.19. The molecule has 26 heavy (non-hydrogen) atoms. The lowest BCUT2D eigenvalue weighted by molar-refractivity contribution is 0.0162. The van der Waals surface area contributed by atoms with Gasteiger partial charge in [0.25, 0.3) is 5.91 Å². The molecule has 3 rings (SSSR count). The maximum absolute atomic E-state index is 12.5. The topological polar surface area (TPSA) is 50.8 Å². The Morgan fingerprint density at radius 3 is 2.42 bits per heavy atom. The van der Waals surface area contributed by atoms with Crippen molar-refractivity contribution in [3.63, 3.8) is 0 Å². The molecule has 1 saturated heterocycles. The number of ether oxygens (including phenoxy) is 2. The van der Waals surface area contributed by atoms with Crippen LogP contribution in [0.1, 0.15) is 22.0 Å². The zero-order valence-electron chi connectivity index (χ0n) is 14.8. The molecule has 0 aromatic heterocycles. The summed E-state index contributed by atoms with van der Waals surface area (Å²) < 4.78 is 10.7. The highest BCUT2D eigenvalue weighted by Gasteiger charge is 2.23. The van der Waals surface area contributed by atoms with E-state index in [-0.39, 0.29) is 11.9 Å². The molecule has 1 N–H and O–H groups in total. The van der Waals surface area contributed by atoms with Crippen LogP contribution in [0.5, 0.6) is 5.75 Å². The summed E-state index contributed by atoms with van der Waals surface area (Å²) in [7, 11) is 1.65. The van der Waals surface area contributed by atoms with Gasteiger partial charge in [-0.2, -0.15) is 0 Å². The van der Waals surface area contributed by atoms with Crippen LogP contribution >= 0.6 is 11.6 Å². The molecule has 0 bridgehead atoms. The Bertz CT molecular complexity index is 713. The van der Waals surface area contributed by atoms with Crippen molar-refractivity contribution in [2.75, 3.05) is 40.0 Å². The predicted octanol–water partition coefficient (Wildman–Crippen LogP) is 3.15. The number of morpholine rings is 1. The Kier molecular flexibility index (Phi) is 6.50. The molecule has 1 aliphatic heterocycles. The highest BCUT2D eigenvalue weighted by Crippen LogP contribution is 2.24. The molecule has 1 atom stereocenters. The van der Waals surface area contributed by atoms with E-state index in [0.717, 1.165) is 24.4 Å². The zero-order chi connectivity index (χ0) is 18.4. The van der Waals surface area contributed by atoms with Crippen LogP contribution < -0.4 is 10.1 Å². The van der Waals surface area contributed by atoms with E-state index in [1.807, 2.05) is 24.3 Å². The maximum Gasteiger partial charge on any atom is 0.251 e. The molecule has 6 heteroatoms. The highest BCUT2D eigenvalue weighted by molar-refractivity contribution is 6.30. The molecule has 1 fully saturated rings. The van der Waals surface area contributed by atoms with Crippen LogP contribution in [0.3, 0.4) is 0 Å². The predicted molar refractivity (Wildman–Crippen MR) is 102 cm³/mol. The quantitative estimate of drug-likeness (QED) is 0.843. The number of rotatable bonds is 6. The van der Waals surface area contributed by atoms with E-state index in [1.165, 1.54) is 0 Å². The van der Waals surface area contributed by atoms with Gasteiger partial charge in [0.1, 0.15) is 5.75 Å². The minimum atomic E-state index is -0.103. The van der Waals surface area contributed by atoms with Crippen molar-refractivity contribution in [1.29, 1.82) is 0 Å². The Balaban J connectivity index is 1.72. The van der Waals surface area contributed by atoms with E-state index in [1.54, 1.807) is 31.4 Å². The second-order valence-corrected chi connectivity index (χ2v) is 6.59. The number of hydrogen-bond acceptors (Lipinski definition) is 4. The first kappa shape index (κ1) is 18.7. The molecule has 0 radical (unpaired) electrons. The lowest BCUT2D eigenvalue weighted by atomic mass is 10.0. The largest absolute Gasteiger partial charge is 0.497 e. The van der Waals surface area contributed by atoms with Gasteiger partial charge in [-0.25, -0.2) is 0 Å². The van der Waals surface area contributed by atoms with Crippen molar-refractivity contribution >= 4 is 17.5 Å². The lowest BCUT2D eigenvalue weighted by Gasteiger charge is -2.35. The number of carbonyl (C=O) groups is 1. The number of carbonyl (C=O) groups excluding carboxylic acids is 1. The molecule has 1 amide bonds. The summed E-state index contributed by atoms with van der Waals surface area (Å²) in [5.41, 5.74) is 1.74. The van der Waals surface area contributed by atoms with E-state index in [4.69, 9.17) is 21.1 Å². The molecular formula is C20H23ClN2O3. The van der Waals surface area contributed by atoms with E-state index in [9.17, 15) is 4.79 Å². The molecule has 1 aliphatic rings. The van der Waals surface area contributed by atoms with Gasteiger partial charge in [0, 0.05) is 30.2 Å². The van der Waals surface area contributed by atoms with Gasteiger partial charge >= 0.3 is 0 Å². The molecule has 138 valence electrons. The first-order chi connectivity index (χ1) is 12.7. The summed E-state index contributed by atoms with van der Waals surface area (Å²) in [5, 5.41) is 3.66. The molecule has 2 aromatic carbocycles. The number of nitrogens with one attached hydrogen (secondary N) is 1. The van der Waals surface area contributed by atoms with Crippen molar-refractivity contribution in [3.05, 3.63) is 64.7 Å². The fraction of sp³-hybridized carbons (Fsp3) is 0.350. The Labute approximate surface area is 158 Å². The summed E-state index contributed by atoms with van der Waals surface area (Å²) in [6.45, 7) is 3.62. The highest BCUT2D eigenvalue weighted by atomic mass is 35.5. The van der Waals surface area contributed by atoms with Gasteiger partial charge in [-0.05, 0) is 42.0 Å². The second-order valence-electron chi connectivity index (χ2n) is 6.15. The van der Waals surface area contributed by atoms with Gasteiger partial charge in [0.2, 0.25) is 0 Å². The van der Waals surface area contributed by atoms with Crippen LogP contribution in [0.4, 0.5) is 0 Å². The number of methoxy groups -OCH3 is 1. The molecule has 0 spiro atoms. The van der Waals surface area contributed by atoms with Crippen LogP contribution in [-0.4, -0.2) is 50.8 Å². The molecule has 1 unspecified atom stereocenters. The number of nitrogens with zero attached hydrogens (tertiary/aromatic N) is 1. The van der Waals surface area contributed by atoms with Crippen LogP contribution in [0, 0.1) is 0 Å². The third kappa shape index (κ3) is 4.75. The zero-order valence-corrected chi connectivity index (χ0v) is 15.5. The van der Waals surface area contributed by atoms with Crippen molar-refractivity contribution in [2.24, 2.45) is 0 Å². The average molecular weight is 375 g/mol. The first-order valence-electron chi connectivity index (χ1n) is 8.67. The number of hydrogen-bond donors (Lipinski definition) is 1. The summed E-state index contributed by atoms with van der Waals surface area (Å²) in [6.07, 6.45) is 0. The molecule has 1 heterocycles. The SMILES string of the molecule is COc1ccc(C(CNC(=O)c2ccc(Cl)cc2)N2CCOCC2)cc1. The summed E-state index contributed by atoms with van der Waals surface area (Å²) in [4.78, 5) is 14.8. The van der Waals surface area contributed by atoms with Gasteiger partial charge in [-0.15, -0.1) is 0 Å². The van der Waals surface area contributed by atoms with Crippen molar-refractivity contribution < 1.29 is 14.3 Å². The third-order valence-electron chi connectivity index (χ3n) is 4.55. The van der Waals surface area contributed by atoms with Crippen LogP contribution in [0.15, 0.2) is 48.5 Å². The molecule has 0 aliphatic carbocycles. The van der Waals surface area contributed by atoms with Crippen molar-refractivity contribution in [2.45, 2.75) is 6.04 Å². The van der Waals surface area contributed by atoms with Gasteiger partial charge in [-0.3, -0.25) is 9.69 Å². The third-order valence-corrected chi connectivity index (χ3v) is 4.80. The average Bonchev–Trinajstić information content (AvgIpc) is 2.70. The molecule has 5 nitrogen and oxygen atoms in total. The lowest BCUT2D eigenvalue weighted by Crippen LogP contribution is -2.43. The number of amides is 1. The normalized spacial score (nSPS) is 16.1. The first-order valence-corrected chi connectivity index (χ1v) is 9.04. The monoisotopic (exact) mass is 374 g/mol. The van der Waals surface area contributed by atoms with E-state index in [2.05, 4.69) is 10.2 Å². The van der Waals surface area contributed by atoms with Crippen molar-refractivity contribution in [3.8, 4) is 5.75 Å². The fourth-order valence-electron chi connectivity index (χ4n) is 3.07. The number of benzene rings is 2. The Morgan fingerprint density at radius 2 is 1.81 bits per heavy atom. The van der Waals surface area contributed by atoms with Gasteiger partial charge < -0.3 is 14.8 Å². The van der Waals surface area contributed by atoms with Crippen LogP contribution in [-0.2, 0) is 4.74 Å². The molecular weight excluding hydrogens is 352 g/mol. The van der Waals surface area contributed by atoms with Crippen molar-refractivity contribution in [1.82, 2.24) is 10.2 Å². The molecule has 2 aromatic rings. The van der Waals surface area contributed by atoms with E-state index >= 15 is 0 Å². The Hall–Kier alpha value is -2.08. The summed E-state index contributed by atoms with van der Waals surface area (Å²) in [5.74, 6) is 0.716. The van der Waals surface area contributed by atoms with E-state index < -0.39 is 0 Å². The minimum absolute atomic E-state index is 0.0843. The minimum Gasteiger partial charge on any atom is -0.497 e. The number of halogens is 1. The summed E-state index contributed by atoms with van der Waals surface area (Å²) >= 11 is 5.89. The smallest absolute Gasteiger partial charge is 0.251 e. The van der Waals surface area contributed by atoms with Crippen LogP contribution in [0.25, 0.3) is 0 Å². The summed E-state index contributed by atoms with van der Waals surface area (Å²) in [6, 6.07) is 15.0. The van der Waals surface area contributed by atoms with Gasteiger partial charge in [0.05, 0.1) is 26.4 Å². The van der Waals surface area contributed by atoms with Gasteiger partial charge in [0.15, 0.2) is 0 Å².